The van der Waals surface area contributed by atoms with E-state index in [2.05, 4.69) is 40.5 Å². The van der Waals surface area contributed by atoms with Crippen molar-refractivity contribution >= 4 is 16.6 Å². The van der Waals surface area contributed by atoms with E-state index in [4.69, 9.17) is 4.98 Å². The maximum atomic E-state index is 4.88. The molecular formula is C19H18N4. The van der Waals surface area contributed by atoms with E-state index in [1.54, 1.807) is 0 Å². The summed E-state index contributed by atoms with van der Waals surface area (Å²) >= 11 is 0. The molecule has 0 bridgehead atoms. The lowest BCUT2D eigenvalue weighted by Crippen LogP contribution is -1.96. The van der Waals surface area contributed by atoms with E-state index in [1.807, 2.05) is 23.0 Å². The molecule has 1 aliphatic rings. The molecule has 4 aromatic heterocycles. The maximum absolute atomic E-state index is 4.88. The number of hydrogen-bond donors (Lipinski definition) is 1. The molecule has 0 spiro atoms. The second kappa shape index (κ2) is 4.95. The van der Waals surface area contributed by atoms with Crippen LogP contribution in [0.5, 0.6) is 0 Å². The van der Waals surface area contributed by atoms with Crippen LogP contribution < -0.4 is 0 Å². The molecule has 0 saturated heterocycles. The Morgan fingerprint density at radius 2 is 2.00 bits per heavy atom. The normalized spacial score (nSPS) is 15.8. The molecule has 0 unspecified atom stereocenters. The lowest BCUT2D eigenvalue weighted by molar-refractivity contribution is 0.700. The van der Waals surface area contributed by atoms with Crippen LogP contribution in [0.15, 0.2) is 48.9 Å². The van der Waals surface area contributed by atoms with Crippen LogP contribution >= 0.6 is 0 Å². The number of fused-ring (bicyclic) bond motifs is 2. The first-order valence-corrected chi connectivity index (χ1v) is 8.30. The number of hydrogen-bond acceptors (Lipinski definition) is 2. The van der Waals surface area contributed by atoms with Crippen LogP contribution in [0.1, 0.15) is 37.3 Å². The largest absolute Gasteiger partial charge is 0.346 e. The average molecular weight is 302 g/mol. The quantitative estimate of drug-likeness (QED) is 0.591. The Morgan fingerprint density at radius 1 is 1.09 bits per heavy atom. The minimum Gasteiger partial charge on any atom is -0.346 e. The van der Waals surface area contributed by atoms with Gasteiger partial charge >= 0.3 is 0 Å². The van der Waals surface area contributed by atoms with E-state index in [0.717, 1.165) is 11.2 Å². The molecule has 23 heavy (non-hydrogen) atoms. The number of aromatic amines is 1. The summed E-state index contributed by atoms with van der Waals surface area (Å²) in [6, 6.07) is 10.7. The van der Waals surface area contributed by atoms with Crippen LogP contribution in [0.25, 0.3) is 27.7 Å². The van der Waals surface area contributed by atoms with Crippen LogP contribution in [0.2, 0.25) is 0 Å². The molecule has 0 aromatic carbocycles. The smallest absolute Gasteiger partial charge is 0.138 e. The highest BCUT2D eigenvalue weighted by molar-refractivity contribution is 5.94. The molecule has 4 heteroatoms. The summed E-state index contributed by atoms with van der Waals surface area (Å²) in [5.74, 6) is 0.647. The van der Waals surface area contributed by atoms with Crippen molar-refractivity contribution in [2.45, 2.75) is 31.6 Å². The lowest BCUT2D eigenvalue weighted by atomic mass is 10.0. The van der Waals surface area contributed by atoms with E-state index in [9.17, 15) is 0 Å². The highest BCUT2D eigenvalue weighted by atomic mass is 15.2. The monoisotopic (exact) mass is 302 g/mol. The van der Waals surface area contributed by atoms with Gasteiger partial charge in [-0.2, -0.15) is 5.10 Å². The van der Waals surface area contributed by atoms with E-state index in [1.165, 1.54) is 47.9 Å². The fourth-order valence-electron chi connectivity index (χ4n) is 3.80. The Balaban J connectivity index is 1.61. The number of nitrogens with one attached hydrogen (secondary N) is 1. The van der Waals surface area contributed by atoms with Crippen molar-refractivity contribution in [3.8, 4) is 11.1 Å². The van der Waals surface area contributed by atoms with Crippen molar-refractivity contribution in [1.82, 2.24) is 19.6 Å². The van der Waals surface area contributed by atoms with E-state index in [0.29, 0.717) is 5.92 Å². The van der Waals surface area contributed by atoms with E-state index in [-0.39, 0.29) is 0 Å². The van der Waals surface area contributed by atoms with Gasteiger partial charge in [0.1, 0.15) is 5.65 Å². The second-order valence-electron chi connectivity index (χ2n) is 6.43. The van der Waals surface area contributed by atoms with Crippen LogP contribution in [-0.2, 0) is 0 Å². The van der Waals surface area contributed by atoms with Crippen molar-refractivity contribution in [2.24, 2.45) is 0 Å². The minimum atomic E-state index is 0.647. The Hall–Kier alpha value is -2.62. The molecule has 1 aliphatic carbocycles. The van der Waals surface area contributed by atoms with Gasteiger partial charge in [0.15, 0.2) is 0 Å². The first-order valence-electron chi connectivity index (χ1n) is 8.30. The summed E-state index contributed by atoms with van der Waals surface area (Å²) in [5.41, 5.74) is 5.74. The van der Waals surface area contributed by atoms with E-state index < -0.39 is 0 Å². The molecular weight excluding hydrogens is 284 g/mol. The van der Waals surface area contributed by atoms with Crippen LogP contribution in [0.3, 0.4) is 0 Å². The zero-order valence-corrected chi connectivity index (χ0v) is 12.9. The van der Waals surface area contributed by atoms with Gasteiger partial charge < -0.3 is 4.98 Å². The zero-order valence-electron chi connectivity index (χ0n) is 12.9. The fourth-order valence-corrected chi connectivity index (χ4v) is 3.80. The Kier molecular flexibility index (Phi) is 2.77. The molecule has 1 saturated carbocycles. The predicted octanol–water partition coefficient (Wildman–Crippen LogP) is 4.54. The Bertz CT molecular complexity index is 989. The van der Waals surface area contributed by atoms with Crippen LogP contribution in [0, 0.1) is 0 Å². The van der Waals surface area contributed by atoms with Crippen molar-refractivity contribution in [1.29, 1.82) is 0 Å². The number of H-pyrrole nitrogens is 1. The van der Waals surface area contributed by atoms with E-state index >= 15 is 0 Å². The van der Waals surface area contributed by atoms with Gasteiger partial charge in [0.25, 0.3) is 0 Å². The molecule has 0 aliphatic heterocycles. The van der Waals surface area contributed by atoms with Crippen molar-refractivity contribution in [2.75, 3.05) is 0 Å². The molecule has 4 aromatic rings. The first-order chi connectivity index (χ1) is 11.4. The first kappa shape index (κ1) is 12.9. The SMILES string of the molecule is c1cc2cc(-c3c[nH]c4nc(C5CCCC5)ccc34)ccn2n1. The molecule has 0 atom stereocenters. The third-order valence-corrected chi connectivity index (χ3v) is 5.04. The maximum Gasteiger partial charge on any atom is 0.138 e. The third-order valence-electron chi connectivity index (χ3n) is 5.04. The van der Waals surface area contributed by atoms with Crippen molar-refractivity contribution < 1.29 is 0 Å². The van der Waals surface area contributed by atoms with Crippen LogP contribution in [-0.4, -0.2) is 19.6 Å². The average Bonchev–Trinajstić information content (AvgIpc) is 3.32. The highest BCUT2D eigenvalue weighted by Gasteiger charge is 2.19. The number of pyridine rings is 2. The van der Waals surface area contributed by atoms with Crippen molar-refractivity contribution in [3.05, 3.63) is 54.6 Å². The van der Waals surface area contributed by atoms with Gasteiger partial charge in [0.05, 0.1) is 5.52 Å². The molecule has 4 heterocycles. The minimum absolute atomic E-state index is 0.647. The second-order valence-corrected chi connectivity index (χ2v) is 6.43. The predicted molar refractivity (Wildman–Crippen MR) is 91.5 cm³/mol. The van der Waals surface area contributed by atoms with Gasteiger partial charge in [0.2, 0.25) is 0 Å². The summed E-state index contributed by atoms with van der Waals surface area (Å²) in [7, 11) is 0. The van der Waals surface area contributed by atoms with Gasteiger partial charge in [-0.3, -0.25) is 0 Å². The summed E-state index contributed by atoms with van der Waals surface area (Å²) in [6.07, 6.45) is 11.1. The Labute approximate surface area is 134 Å². The summed E-state index contributed by atoms with van der Waals surface area (Å²) in [4.78, 5) is 8.24. The molecule has 114 valence electrons. The Morgan fingerprint density at radius 3 is 2.91 bits per heavy atom. The van der Waals surface area contributed by atoms with Crippen LogP contribution in [0.4, 0.5) is 0 Å². The molecule has 1 N–H and O–H groups in total. The summed E-state index contributed by atoms with van der Waals surface area (Å²) in [6.45, 7) is 0. The number of aromatic nitrogens is 4. The standard InChI is InChI=1S/C19H18N4/c1-2-4-13(3-1)18-6-5-16-17(12-20-19(16)22-18)14-8-10-23-15(11-14)7-9-21-23/h5-13H,1-4H2,(H,20,22). The third kappa shape index (κ3) is 2.05. The summed E-state index contributed by atoms with van der Waals surface area (Å²) < 4.78 is 1.88. The molecule has 5 rings (SSSR count). The van der Waals surface area contributed by atoms with Gasteiger partial charge in [-0.1, -0.05) is 12.8 Å². The highest BCUT2D eigenvalue weighted by Crippen LogP contribution is 2.35. The number of nitrogens with zero attached hydrogens (tertiary/aromatic N) is 3. The lowest BCUT2D eigenvalue weighted by Gasteiger charge is -2.08. The van der Waals surface area contributed by atoms with Gasteiger partial charge in [0, 0.05) is 41.2 Å². The molecule has 1 fully saturated rings. The van der Waals surface area contributed by atoms with Crippen molar-refractivity contribution in [3.63, 3.8) is 0 Å². The fraction of sp³-hybridized carbons (Fsp3) is 0.263. The summed E-state index contributed by atoms with van der Waals surface area (Å²) in [5, 5.41) is 5.45. The topological polar surface area (TPSA) is 46.0 Å². The zero-order chi connectivity index (χ0) is 15.2. The molecule has 4 nitrogen and oxygen atoms in total. The van der Waals surface area contributed by atoms with Gasteiger partial charge in [-0.05, 0) is 48.7 Å². The molecule has 0 radical (unpaired) electrons. The number of rotatable bonds is 2. The molecule has 0 amide bonds. The van der Waals surface area contributed by atoms with Gasteiger partial charge in [-0.25, -0.2) is 9.50 Å². The van der Waals surface area contributed by atoms with Gasteiger partial charge in [-0.15, -0.1) is 0 Å².